The number of aliphatic hydroxyl groups excluding tert-OH is 11. The van der Waals surface area contributed by atoms with E-state index in [-0.39, 0.29) is 57.4 Å². The van der Waals surface area contributed by atoms with Gasteiger partial charge in [0.15, 0.2) is 0 Å². The van der Waals surface area contributed by atoms with Gasteiger partial charge in [-0.15, -0.1) is 0 Å². The van der Waals surface area contributed by atoms with Gasteiger partial charge in [-0.25, -0.2) is 0 Å². The van der Waals surface area contributed by atoms with E-state index in [9.17, 15) is 56.2 Å². The molecule has 20 unspecified atom stereocenters. The smallest absolute Gasteiger partial charge is 0.108 e. The molecule has 4 heterocycles. The SMILES string of the molecule is CC(C)CC1OC(COCC2OC(CO)C(O)C(CC(C)C)C2O)C(O)C(COCC2OC(CO)C(O)C(COCC3OC(CO)C(O)C(CC(C)C)C3O)C2O)C1O. The first-order valence-corrected chi connectivity index (χ1v) is 21.6. The fourth-order valence-corrected chi connectivity index (χ4v) is 9.20. The molecule has 0 bridgehead atoms. The summed E-state index contributed by atoms with van der Waals surface area (Å²) < 4.78 is 41.3. The third kappa shape index (κ3) is 13.2. The molecule has 0 aromatic carbocycles. The van der Waals surface area contributed by atoms with Crippen LogP contribution in [0.15, 0.2) is 0 Å². The fourth-order valence-electron chi connectivity index (χ4n) is 9.20. The standard InChI is InChI=1S/C41H76O18/c1-19(2)7-22-34(45)27(10-42)57-30(36(22)47)15-54-14-25-39(50)29(12-44)59-33(41(25)52)16-53-13-24-38(49)26(9-21(5)6)56-32(40(24)51)18-55-17-31-37(48)23(8-20(3)4)35(46)28(11-43)58-31/h19-52H,7-18H2,1-6H3. The van der Waals surface area contributed by atoms with Crippen molar-refractivity contribution in [1.29, 1.82) is 0 Å². The maximum absolute atomic E-state index is 11.5. The van der Waals surface area contributed by atoms with Crippen LogP contribution in [0.4, 0.5) is 0 Å². The van der Waals surface area contributed by atoms with Crippen LogP contribution in [0.3, 0.4) is 0 Å². The van der Waals surface area contributed by atoms with Gasteiger partial charge in [-0.05, 0) is 37.0 Å². The van der Waals surface area contributed by atoms with Crippen LogP contribution in [0, 0.1) is 41.4 Å². The third-order valence-corrected chi connectivity index (χ3v) is 12.4. The van der Waals surface area contributed by atoms with Crippen LogP contribution < -0.4 is 0 Å². The van der Waals surface area contributed by atoms with Gasteiger partial charge in [0.25, 0.3) is 0 Å². The molecule has 11 N–H and O–H groups in total. The molecule has 0 spiro atoms. The first kappa shape index (κ1) is 50.9. The van der Waals surface area contributed by atoms with Crippen LogP contribution in [0.2, 0.25) is 0 Å². The predicted octanol–water partition coefficient (Wildman–Crippen LogP) is -2.43. The van der Waals surface area contributed by atoms with Gasteiger partial charge in [0.05, 0.1) is 114 Å². The van der Waals surface area contributed by atoms with Crippen LogP contribution in [0.1, 0.15) is 60.8 Å². The second-order valence-electron chi connectivity index (χ2n) is 18.5. The van der Waals surface area contributed by atoms with Gasteiger partial charge in [0, 0.05) is 23.7 Å². The van der Waals surface area contributed by atoms with Crippen molar-refractivity contribution in [3.8, 4) is 0 Å². The maximum Gasteiger partial charge on any atom is 0.108 e. The highest BCUT2D eigenvalue weighted by molar-refractivity contribution is 4.97. The number of rotatable bonds is 21. The normalized spacial score (nSPS) is 43.5. The summed E-state index contributed by atoms with van der Waals surface area (Å²) in [6, 6.07) is 0. The minimum Gasteiger partial charge on any atom is -0.394 e. The minimum absolute atomic E-state index is 0.108. The molecule has 0 radical (unpaired) electrons. The van der Waals surface area contributed by atoms with Crippen molar-refractivity contribution in [3.05, 3.63) is 0 Å². The maximum atomic E-state index is 11.5. The van der Waals surface area contributed by atoms with Crippen LogP contribution in [0.25, 0.3) is 0 Å². The largest absolute Gasteiger partial charge is 0.394 e. The van der Waals surface area contributed by atoms with Crippen molar-refractivity contribution in [1.82, 2.24) is 0 Å². The van der Waals surface area contributed by atoms with Crippen molar-refractivity contribution in [2.75, 3.05) is 59.5 Å². The van der Waals surface area contributed by atoms with Gasteiger partial charge in [-0.2, -0.15) is 0 Å². The van der Waals surface area contributed by atoms with E-state index in [0.717, 1.165) is 0 Å². The van der Waals surface area contributed by atoms with E-state index in [1.807, 2.05) is 41.5 Å². The number of ether oxygens (including phenoxy) is 7. The molecule has 0 amide bonds. The Kier molecular flexibility index (Phi) is 20.6. The molecule has 4 saturated heterocycles. The zero-order chi connectivity index (χ0) is 43.7. The van der Waals surface area contributed by atoms with Crippen LogP contribution >= 0.6 is 0 Å². The molecule has 4 fully saturated rings. The summed E-state index contributed by atoms with van der Waals surface area (Å²) in [5.41, 5.74) is 0. The molecular formula is C41H76O18. The van der Waals surface area contributed by atoms with Gasteiger partial charge in [-0.3, -0.25) is 0 Å². The average Bonchev–Trinajstić information content (AvgIpc) is 3.18. The lowest BCUT2D eigenvalue weighted by atomic mass is 9.81. The lowest BCUT2D eigenvalue weighted by Gasteiger charge is -2.45. The minimum atomic E-state index is -1.34. The molecule has 4 aliphatic heterocycles. The van der Waals surface area contributed by atoms with Gasteiger partial charge in [-0.1, -0.05) is 41.5 Å². The highest BCUT2D eigenvalue weighted by Crippen LogP contribution is 2.35. The summed E-state index contributed by atoms with van der Waals surface area (Å²) in [7, 11) is 0. The Labute approximate surface area is 348 Å². The Balaban J connectivity index is 1.35. The molecule has 59 heavy (non-hydrogen) atoms. The third-order valence-electron chi connectivity index (χ3n) is 12.4. The fraction of sp³-hybridized carbons (Fsp3) is 1.00. The molecule has 4 aliphatic rings. The van der Waals surface area contributed by atoms with Crippen molar-refractivity contribution >= 4 is 0 Å². The van der Waals surface area contributed by atoms with Gasteiger partial charge >= 0.3 is 0 Å². The lowest BCUT2D eigenvalue weighted by Crippen LogP contribution is -2.59. The zero-order valence-corrected chi connectivity index (χ0v) is 35.5. The van der Waals surface area contributed by atoms with E-state index in [1.165, 1.54) is 0 Å². The Hall–Kier alpha value is -0.720. The molecule has 0 aliphatic carbocycles. The highest BCUT2D eigenvalue weighted by Gasteiger charge is 2.49. The summed E-state index contributed by atoms with van der Waals surface area (Å²) in [6.07, 6.45) is -15.2. The van der Waals surface area contributed by atoms with E-state index >= 15 is 0 Å². The predicted molar refractivity (Wildman–Crippen MR) is 209 cm³/mol. The van der Waals surface area contributed by atoms with E-state index in [0.29, 0.717) is 19.3 Å². The van der Waals surface area contributed by atoms with Crippen LogP contribution in [-0.4, -0.2) is 213 Å². The van der Waals surface area contributed by atoms with Gasteiger partial charge in [0.2, 0.25) is 0 Å². The Morgan fingerprint density at radius 3 is 0.864 bits per heavy atom. The lowest BCUT2D eigenvalue weighted by molar-refractivity contribution is -0.250. The van der Waals surface area contributed by atoms with E-state index in [4.69, 9.17) is 33.2 Å². The van der Waals surface area contributed by atoms with E-state index in [1.54, 1.807) is 0 Å². The second kappa shape index (κ2) is 23.8. The van der Waals surface area contributed by atoms with Crippen molar-refractivity contribution in [2.45, 2.75) is 158 Å². The molecule has 18 heteroatoms. The number of hydrogen-bond acceptors (Lipinski definition) is 18. The van der Waals surface area contributed by atoms with Gasteiger partial charge in [0.1, 0.15) is 42.7 Å². The molecule has 4 rings (SSSR count). The second-order valence-corrected chi connectivity index (χ2v) is 18.5. The molecule has 348 valence electrons. The Morgan fingerprint density at radius 2 is 0.559 bits per heavy atom. The first-order valence-electron chi connectivity index (χ1n) is 21.6. The average molecular weight is 857 g/mol. The van der Waals surface area contributed by atoms with Gasteiger partial charge < -0.3 is 89.3 Å². The molecule has 20 atom stereocenters. The summed E-state index contributed by atoms with van der Waals surface area (Å²) >= 11 is 0. The molecule has 18 nitrogen and oxygen atoms in total. The summed E-state index contributed by atoms with van der Waals surface area (Å²) in [4.78, 5) is 0. The van der Waals surface area contributed by atoms with Crippen molar-refractivity contribution in [2.24, 2.45) is 41.4 Å². The van der Waals surface area contributed by atoms with Crippen molar-refractivity contribution in [3.63, 3.8) is 0 Å². The topological polar surface area (TPSA) is 287 Å². The van der Waals surface area contributed by atoms with Crippen LogP contribution in [-0.2, 0) is 33.2 Å². The molecule has 0 aromatic rings. The first-order chi connectivity index (χ1) is 27.9. The summed E-state index contributed by atoms with van der Waals surface area (Å²) in [5.74, 6) is -2.45. The van der Waals surface area contributed by atoms with Crippen LogP contribution in [0.5, 0.6) is 0 Å². The Morgan fingerprint density at radius 1 is 0.322 bits per heavy atom. The molecule has 0 aromatic heterocycles. The number of aliphatic hydroxyl groups is 11. The number of hydrogen-bond donors (Lipinski definition) is 11. The highest BCUT2D eigenvalue weighted by atomic mass is 16.6. The van der Waals surface area contributed by atoms with E-state index in [2.05, 4.69) is 0 Å². The van der Waals surface area contributed by atoms with E-state index < -0.39 is 141 Å². The quantitative estimate of drug-likeness (QED) is 0.0573. The molecular weight excluding hydrogens is 780 g/mol. The summed E-state index contributed by atoms with van der Waals surface area (Å²) in [6.45, 7) is 9.30. The van der Waals surface area contributed by atoms with Crippen molar-refractivity contribution < 1.29 is 89.3 Å². The monoisotopic (exact) mass is 857 g/mol. The Bertz CT molecular complexity index is 1180. The zero-order valence-electron chi connectivity index (χ0n) is 35.5. The summed E-state index contributed by atoms with van der Waals surface area (Å²) in [5, 5.41) is 118. The molecule has 0 saturated carbocycles.